The molecule has 0 saturated carbocycles. The van der Waals surface area contributed by atoms with Crippen LogP contribution in [0, 0.1) is 6.92 Å². The van der Waals surface area contributed by atoms with E-state index < -0.39 is 0 Å². The largest absolute Gasteiger partial charge is 0.489 e. The Morgan fingerprint density at radius 3 is 2.48 bits per heavy atom. The van der Waals surface area contributed by atoms with E-state index in [-0.39, 0.29) is 0 Å². The summed E-state index contributed by atoms with van der Waals surface area (Å²) in [5, 5.41) is 4.20. The first-order valence-corrected chi connectivity index (χ1v) is 8.09. The lowest BCUT2D eigenvalue weighted by Crippen LogP contribution is -2.11. The Balaban J connectivity index is 1.92. The fourth-order valence-electron chi connectivity index (χ4n) is 2.58. The zero-order chi connectivity index (χ0) is 17.5. The van der Waals surface area contributed by atoms with Gasteiger partial charge >= 0.3 is 0 Å². The lowest BCUT2D eigenvalue weighted by molar-refractivity contribution is 0.213. The van der Waals surface area contributed by atoms with Gasteiger partial charge in [-0.1, -0.05) is 53.7 Å². The van der Waals surface area contributed by atoms with Crippen molar-refractivity contribution < 1.29 is 9.57 Å². The summed E-state index contributed by atoms with van der Waals surface area (Å²) < 4.78 is 6.01. The maximum absolute atomic E-state index is 6.01. The Labute approximate surface area is 147 Å². The van der Waals surface area contributed by atoms with Crippen molar-refractivity contribution in [3.63, 3.8) is 0 Å². The molecular formula is C21H20N2O2. The second-order valence-corrected chi connectivity index (χ2v) is 5.55. The van der Waals surface area contributed by atoms with Crippen molar-refractivity contribution in [3.05, 3.63) is 95.3 Å². The van der Waals surface area contributed by atoms with E-state index >= 15 is 0 Å². The van der Waals surface area contributed by atoms with Crippen molar-refractivity contribution in [2.45, 2.75) is 13.5 Å². The second-order valence-electron chi connectivity index (χ2n) is 5.55. The molecule has 0 saturated heterocycles. The lowest BCUT2D eigenvalue weighted by Gasteiger charge is -2.13. The number of benzene rings is 2. The quantitative estimate of drug-likeness (QED) is 0.497. The van der Waals surface area contributed by atoms with Gasteiger partial charge in [-0.3, -0.25) is 4.98 Å². The van der Waals surface area contributed by atoms with Crippen LogP contribution in [-0.2, 0) is 11.4 Å². The number of ether oxygens (including phenoxy) is 1. The lowest BCUT2D eigenvalue weighted by atomic mass is 10.0. The molecule has 0 aliphatic rings. The third-order valence-corrected chi connectivity index (χ3v) is 3.84. The predicted molar refractivity (Wildman–Crippen MR) is 98.8 cm³/mol. The molecule has 4 heteroatoms. The molecule has 0 aliphatic heterocycles. The Morgan fingerprint density at radius 1 is 0.960 bits per heavy atom. The van der Waals surface area contributed by atoms with E-state index in [1.54, 1.807) is 6.20 Å². The molecule has 126 valence electrons. The number of pyridine rings is 1. The SMILES string of the molecule is CO/N=C(/c1ccccn1)c1ccccc1COc1ccccc1C. The zero-order valence-electron chi connectivity index (χ0n) is 14.3. The molecule has 0 fully saturated rings. The van der Waals surface area contributed by atoms with Gasteiger partial charge in [-0.05, 0) is 36.2 Å². The van der Waals surface area contributed by atoms with Gasteiger partial charge in [0.15, 0.2) is 0 Å². The van der Waals surface area contributed by atoms with Crippen LogP contribution in [0.5, 0.6) is 5.75 Å². The summed E-state index contributed by atoms with van der Waals surface area (Å²) in [5.41, 5.74) is 4.51. The fourth-order valence-corrected chi connectivity index (χ4v) is 2.58. The minimum absolute atomic E-state index is 0.441. The van der Waals surface area contributed by atoms with Crippen LogP contribution >= 0.6 is 0 Å². The number of hydrogen-bond acceptors (Lipinski definition) is 4. The van der Waals surface area contributed by atoms with Crippen molar-refractivity contribution in [3.8, 4) is 5.75 Å². The number of hydrogen-bond donors (Lipinski definition) is 0. The average Bonchev–Trinajstić information content (AvgIpc) is 2.66. The number of para-hydroxylation sites is 1. The first-order chi connectivity index (χ1) is 12.3. The van der Waals surface area contributed by atoms with Crippen LogP contribution in [0.1, 0.15) is 22.4 Å². The molecule has 0 N–H and O–H groups in total. The molecule has 0 bridgehead atoms. The van der Waals surface area contributed by atoms with Gasteiger partial charge in [0, 0.05) is 11.8 Å². The highest BCUT2D eigenvalue weighted by Gasteiger charge is 2.14. The third kappa shape index (κ3) is 4.04. The summed E-state index contributed by atoms with van der Waals surface area (Å²) in [6.07, 6.45) is 1.74. The summed E-state index contributed by atoms with van der Waals surface area (Å²) in [5.74, 6) is 0.875. The number of rotatable bonds is 6. The van der Waals surface area contributed by atoms with Gasteiger partial charge in [0.05, 0.1) is 5.69 Å². The highest BCUT2D eigenvalue weighted by atomic mass is 16.6. The Bertz CT molecular complexity index is 861. The summed E-state index contributed by atoms with van der Waals surface area (Å²) >= 11 is 0. The van der Waals surface area contributed by atoms with Gasteiger partial charge in [-0.2, -0.15) is 0 Å². The van der Waals surface area contributed by atoms with Crippen molar-refractivity contribution >= 4 is 5.71 Å². The molecule has 0 amide bonds. The smallest absolute Gasteiger partial charge is 0.136 e. The van der Waals surface area contributed by atoms with Gasteiger partial charge in [-0.25, -0.2) is 0 Å². The Morgan fingerprint density at radius 2 is 1.72 bits per heavy atom. The van der Waals surface area contributed by atoms with Crippen molar-refractivity contribution in [1.29, 1.82) is 0 Å². The highest BCUT2D eigenvalue weighted by Crippen LogP contribution is 2.20. The van der Waals surface area contributed by atoms with Gasteiger partial charge in [0.25, 0.3) is 0 Å². The molecule has 0 unspecified atom stereocenters. The summed E-state index contributed by atoms with van der Waals surface area (Å²) in [6, 6.07) is 21.7. The number of nitrogens with zero attached hydrogens (tertiary/aromatic N) is 2. The molecule has 0 radical (unpaired) electrons. The van der Waals surface area contributed by atoms with Gasteiger partial charge in [0.2, 0.25) is 0 Å². The normalized spacial score (nSPS) is 11.2. The first-order valence-electron chi connectivity index (χ1n) is 8.09. The molecule has 25 heavy (non-hydrogen) atoms. The topological polar surface area (TPSA) is 43.7 Å². The van der Waals surface area contributed by atoms with Crippen molar-refractivity contribution in [2.75, 3.05) is 7.11 Å². The van der Waals surface area contributed by atoms with E-state index in [1.807, 2.05) is 73.7 Å². The van der Waals surface area contributed by atoms with Crippen LogP contribution < -0.4 is 4.74 Å². The number of aromatic nitrogens is 1. The second kappa shape index (κ2) is 8.11. The van der Waals surface area contributed by atoms with Crippen LogP contribution in [0.2, 0.25) is 0 Å². The fraction of sp³-hybridized carbons (Fsp3) is 0.143. The van der Waals surface area contributed by atoms with E-state index in [9.17, 15) is 0 Å². The molecule has 0 atom stereocenters. The molecule has 4 nitrogen and oxygen atoms in total. The average molecular weight is 332 g/mol. The molecule has 0 aliphatic carbocycles. The Kier molecular flexibility index (Phi) is 5.42. The number of oxime groups is 1. The van der Waals surface area contributed by atoms with E-state index in [4.69, 9.17) is 9.57 Å². The maximum Gasteiger partial charge on any atom is 0.136 e. The van der Waals surface area contributed by atoms with Crippen molar-refractivity contribution in [2.24, 2.45) is 5.16 Å². The minimum Gasteiger partial charge on any atom is -0.489 e. The van der Waals surface area contributed by atoms with Gasteiger partial charge in [-0.15, -0.1) is 0 Å². The molecule has 1 aromatic heterocycles. The summed E-state index contributed by atoms with van der Waals surface area (Å²) in [4.78, 5) is 9.45. The van der Waals surface area contributed by atoms with Crippen LogP contribution in [0.25, 0.3) is 0 Å². The predicted octanol–water partition coefficient (Wildman–Crippen LogP) is 4.37. The summed E-state index contributed by atoms with van der Waals surface area (Å²) in [7, 11) is 1.54. The van der Waals surface area contributed by atoms with Crippen LogP contribution in [0.4, 0.5) is 0 Å². The molecule has 1 heterocycles. The molecular weight excluding hydrogens is 312 g/mol. The maximum atomic E-state index is 6.01. The molecule has 3 rings (SSSR count). The van der Waals surface area contributed by atoms with E-state index in [0.29, 0.717) is 12.3 Å². The zero-order valence-corrected chi connectivity index (χ0v) is 14.3. The third-order valence-electron chi connectivity index (χ3n) is 3.84. The van der Waals surface area contributed by atoms with E-state index in [2.05, 4.69) is 10.1 Å². The van der Waals surface area contributed by atoms with Crippen LogP contribution in [-0.4, -0.2) is 17.8 Å². The van der Waals surface area contributed by atoms with Crippen molar-refractivity contribution in [1.82, 2.24) is 4.98 Å². The highest BCUT2D eigenvalue weighted by molar-refractivity contribution is 6.12. The van der Waals surface area contributed by atoms with E-state index in [0.717, 1.165) is 28.1 Å². The van der Waals surface area contributed by atoms with Crippen LogP contribution in [0.15, 0.2) is 78.1 Å². The van der Waals surface area contributed by atoms with E-state index in [1.165, 1.54) is 7.11 Å². The standard InChI is InChI=1S/C21H20N2O2/c1-16-9-3-6-13-20(16)25-15-17-10-4-5-11-18(17)21(23-24-2)19-12-7-8-14-22-19/h3-14H,15H2,1-2H3/b23-21+. The molecule has 2 aromatic carbocycles. The monoisotopic (exact) mass is 332 g/mol. The van der Waals surface area contributed by atoms with Crippen LogP contribution in [0.3, 0.4) is 0 Å². The molecule has 3 aromatic rings. The molecule has 0 spiro atoms. The van der Waals surface area contributed by atoms with Gasteiger partial charge in [0.1, 0.15) is 25.2 Å². The minimum atomic E-state index is 0.441. The summed E-state index contributed by atoms with van der Waals surface area (Å²) in [6.45, 7) is 2.48. The Hall–Kier alpha value is -3.14. The van der Waals surface area contributed by atoms with Gasteiger partial charge < -0.3 is 9.57 Å². The first kappa shape index (κ1) is 16.7. The number of aryl methyl sites for hydroxylation is 1.